The second-order valence-electron chi connectivity index (χ2n) is 12.6. The van der Waals surface area contributed by atoms with Gasteiger partial charge in [0.2, 0.25) is 5.91 Å². The Morgan fingerprint density at radius 1 is 0.614 bits per heavy atom. The summed E-state index contributed by atoms with van der Waals surface area (Å²) in [6, 6.07) is -1.24. The first kappa shape index (κ1) is 42.8. The molecule has 0 heterocycles. The maximum absolute atomic E-state index is 12.5. The van der Waals surface area contributed by atoms with Crippen LogP contribution in [0.3, 0.4) is 0 Å². The third kappa shape index (κ3) is 29.5. The van der Waals surface area contributed by atoms with Crippen molar-refractivity contribution in [2.45, 2.75) is 193 Å². The van der Waals surface area contributed by atoms with E-state index in [2.05, 4.69) is 31.3 Å². The van der Waals surface area contributed by atoms with Crippen LogP contribution in [0.5, 0.6) is 0 Å². The van der Waals surface area contributed by atoms with E-state index in [0.29, 0.717) is 12.8 Å². The Morgan fingerprint density at radius 2 is 1.02 bits per heavy atom. The van der Waals surface area contributed by atoms with Crippen molar-refractivity contribution < 1.29 is 28.0 Å². The van der Waals surface area contributed by atoms with Crippen molar-refractivity contribution in [3.63, 3.8) is 0 Å². The Labute approximate surface area is 271 Å². The van der Waals surface area contributed by atoms with Gasteiger partial charge in [0.15, 0.2) is 0 Å². The average molecular weight is 644 g/mol. The summed E-state index contributed by atoms with van der Waals surface area (Å²) in [5, 5.41) is 23.2. The molecule has 0 saturated carbocycles. The Bertz CT molecular complexity index is 813. The van der Waals surface area contributed by atoms with Gasteiger partial charge in [-0.2, -0.15) is 8.42 Å². The van der Waals surface area contributed by atoms with Crippen LogP contribution in [0, 0.1) is 0 Å². The van der Waals surface area contributed by atoms with E-state index in [9.17, 15) is 28.0 Å². The van der Waals surface area contributed by atoms with E-state index in [1.54, 1.807) is 6.08 Å². The van der Waals surface area contributed by atoms with E-state index in [-0.39, 0.29) is 6.42 Å². The monoisotopic (exact) mass is 643 g/mol. The number of nitrogens with one attached hydrogen (secondary N) is 1. The number of hydrogen-bond acceptors (Lipinski definition) is 5. The molecule has 0 radical (unpaired) electrons. The summed E-state index contributed by atoms with van der Waals surface area (Å²) in [5.74, 6) is -1.56. The molecule has 0 fully saturated rings. The Balaban J connectivity index is 4.11. The zero-order valence-corrected chi connectivity index (χ0v) is 29.2. The predicted molar refractivity (Wildman–Crippen MR) is 185 cm³/mol. The van der Waals surface area contributed by atoms with Gasteiger partial charge in [-0.05, 0) is 32.1 Å². The molecule has 0 spiro atoms. The first-order valence-corrected chi connectivity index (χ1v) is 19.8. The van der Waals surface area contributed by atoms with E-state index in [4.69, 9.17) is 0 Å². The molecule has 3 unspecified atom stereocenters. The molecule has 260 valence electrons. The molecular formula is C36H69NO6S. The van der Waals surface area contributed by atoms with Crippen LogP contribution in [0.4, 0.5) is 0 Å². The summed E-state index contributed by atoms with van der Waals surface area (Å²) >= 11 is 0. The van der Waals surface area contributed by atoms with Crippen LogP contribution >= 0.6 is 0 Å². The highest BCUT2D eigenvalue weighted by molar-refractivity contribution is 7.85. The smallest absolute Gasteiger partial charge is 0.267 e. The highest BCUT2D eigenvalue weighted by atomic mass is 32.2. The van der Waals surface area contributed by atoms with Crippen molar-refractivity contribution >= 4 is 16.0 Å². The Kier molecular flexibility index (Phi) is 29.6. The lowest BCUT2D eigenvalue weighted by molar-refractivity contribution is -0.130. The maximum atomic E-state index is 12.5. The second kappa shape index (κ2) is 30.4. The molecule has 0 rings (SSSR count). The van der Waals surface area contributed by atoms with Crippen molar-refractivity contribution in [1.82, 2.24) is 5.32 Å². The topological polar surface area (TPSA) is 124 Å². The standard InChI is InChI=1S/C36H69NO6S/c1-3-5-7-9-11-13-14-15-16-17-18-19-20-21-22-23-25-26-28-30-34(38)33(32-44(41,42)43)37-36(40)35(39)31-29-27-24-12-10-8-6-4-2/h22-23,28,30,33-35,38-39H,3-21,24-27,29,31-32H2,1-2H3,(H,37,40)(H,41,42,43)/b23-22+,30-28+. The summed E-state index contributed by atoms with van der Waals surface area (Å²) in [6.45, 7) is 4.45. The Morgan fingerprint density at radius 3 is 1.50 bits per heavy atom. The summed E-state index contributed by atoms with van der Waals surface area (Å²) in [5.41, 5.74) is 0. The third-order valence-electron chi connectivity index (χ3n) is 8.24. The van der Waals surface area contributed by atoms with Gasteiger partial charge in [-0.3, -0.25) is 9.35 Å². The van der Waals surface area contributed by atoms with Crippen LogP contribution in [-0.2, 0) is 14.9 Å². The Hall–Kier alpha value is -1.22. The zero-order valence-electron chi connectivity index (χ0n) is 28.4. The van der Waals surface area contributed by atoms with E-state index in [1.807, 2.05) is 0 Å². The number of aliphatic hydroxyl groups excluding tert-OH is 2. The van der Waals surface area contributed by atoms with Gasteiger partial charge < -0.3 is 15.5 Å². The van der Waals surface area contributed by atoms with Gasteiger partial charge in [0.05, 0.1) is 17.9 Å². The molecule has 44 heavy (non-hydrogen) atoms. The van der Waals surface area contributed by atoms with E-state index in [1.165, 1.54) is 115 Å². The quantitative estimate of drug-likeness (QED) is 0.0329. The molecular weight excluding hydrogens is 574 g/mol. The van der Waals surface area contributed by atoms with E-state index < -0.39 is 40.0 Å². The lowest BCUT2D eigenvalue weighted by Crippen LogP contribution is -2.50. The van der Waals surface area contributed by atoms with Crippen LogP contribution in [0.1, 0.15) is 174 Å². The molecule has 4 N–H and O–H groups in total. The van der Waals surface area contributed by atoms with Gasteiger partial charge in [-0.25, -0.2) is 0 Å². The van der Waals surface area contributed by atoms with Crippen LogP contribution < -0.4 is 5.32 Å². The highest BCUT2D eigenvalue weighted by Crippen LogP contribution is 2.14. The number of allylic oxidation sites excluding steroid dienone is 3. The fourth-order valence-corrected chi connectivity index (χ4v) is 6.15. The molecule has 0 bridgehead atoms. The first-order valence-electron chi connectivity index (χ1n) is 18.1. The van der Waals surface area contributed by atoms with Crippen molar-refractivity contribution in [2.75, 3.05) is 5.75 Å². The molecule has 0 aromatic heterocycles. The number of carbonyl (C=O) groups is 1. The van der Waals surface area contributed by atoms with Gasteiger partial charge in [0, 0.05) is 0 Å². The number of amides is 1. The third-order valence-corrected chi connectivity index (χ3v) is 9.02. The van der Waals surface area contributed by atoms with Gasteiger partial charge in [0.25, 0.3) is 10.1 Å². The SMILES string of the molecule is CCCCCCCCCCCCCCC/C=C/CC/C=C/C(O)C(CS(=O)(=O)O)NC(=O)C(O)CCCCCCCCCC. The van der Waals surface area contributed by atoms with Gasteiger partial charge in [-0.15, -0.1) is 0 Å². The van der Waals surface area contributed by atoms with E-state index >= 15 is 0 Å². The number of aliphatic hydroxyl groups is 2. The summed E-state index contributed by atoms with van der Waals surface area (Å²) in [7, 11) is -4.44. The predicted octanol–water partition coefficient (Wildman–Crippen LogP) is 8.99. The van der Waals surface area contributed by atoms with Crippen molar-refractivity contribution in [1.29, 1.82) is 0 Å². The minimum atomic E-state index is -4.44. The molecule has 8 heteroatoms. The first-order chi connectivity index (χ1) is 21.2. The van der Waals surface area contributed by atoms with Crippen molar-refractivity contribution in [2.24, 2.45) is 0 Å². The molecule has 0 saturated heterocycles. The maximum Gasteiger partial charge on any atom is 0.267 e. The second-order valence-corrected chi connectivity index (χ2v) is 14.1. The lowest BCUT2D eigenvalue weighted by Gasteiger charge is -2.22. The molecule has 3 atom stereocenters. The van der Waals surface area contributed by atoms with Crippen LogP contribution in [0.15, 0.2) is 24.3 Å². The minimum Gasteiger partial charge on any atom is -0.387 e. The normalized spacial score (nSPS) is 14.4. The number of carbonyl (C=O) groups excluding carboxylic acids is 1. The summed E-state index contributed by atoms with van der Waals surface area (Å²) in [6.07, 6.45) is 34.0. The largest absolute Gasteiger partial charge is 0.387 e. The molecule has 0 aliphatic heterocycles. The lowest BCUT2D eigenvalue weighted by atomic mass is 10.0. The average Bonchev–Trinajstić information content (AvgIpc) is 2.98. The fourth-order valence-electron chi connectivity index (χ4n) is 5.41. The van der Waals surface area contributed by atoms with Crippen LogP contribution in [-0.4, -0.2) is 53.1 Å². The van der Waals surface area contributed by atoms with Gasteiger partial charge in [0.1, 0.15) is 6.10 Å². The summed E-state index contributed by atoms with van der Waals surface area (Å²) < 4.78 is 32.3. The van der Waals surface area contributed by atoms with Gasteiger partial charge in [-0.1, -0.05) is 167 Å². The molecule has 0 aromatic carbocycles. The summed E-state index contributed by atoms with van der Waals surface area (Å²) in [4.78, 5) is 12.5. The fraction of sp³-hybridized carbons (Fsp3) is 0.861. The zero-order chi connectivity index (χ0) is 32.7. The molecule has 0 aromatic rings. The van der Waals surface area contributed by atoms with Crippen molar-refractivity contribution in [3.8, 4) is 0 Å². The van der Waals surface area contributed by atoms with Gasteiger partial charge >= 0.3 is 0 Å². The van der Waals surface area contributed by atoms with Crippen LogP contribution in [0.25, 0.3) is 0 Å². The molecule has 7 nitrogen and oxygen atoms in total. The molecule has 0 aliphatic carbocycles. The van der Waals surface area contributed by atoms with Crippen LogP contribution in [0.2, 0.25) is 0 Å². The van der Waals surface area contributed by atoms with E-state index in [0.717, 1.165) is 32.1 Å². The molecule has 0 aliphatic rings. The minimum absolute atomic E-state index is 0.275. The highest BCUT2D eigenvalue weighted by Gasteiger charge is 2.27. The number of rotatable bonds is 32. The molecule has 1 amide bonds. The van der Waals surface area contributed by atoms with Crippen molar-refractivity contribution in [3.05, 3.63) is 24.3 Å². The number of hydrogen-bond donors (Lipinski definition) is 4. The number of unbranched alkanes of at least 4 members (excludes halogenated alkanes) is 21.